The molecule has 0 aliphatic rings. The number of fused-ring (bicyclic) bond motifs is 1. The monoisotopic (exact) mass is 341 g/mol. The zero-order valence-electron chi connectivity index (χ0n) is 13.5. The lowest BCUT2D eigenvalue weighted by Gasteiger charge is -2.09. The summed E-state index contributed by atoms with van der Waals surface area (Å²) < 4.78 is 5.26. The molecule has 1 amide bonds. The summed E-state index contributed by atoms with van der Waals surface area (Å²) in [5.41, 5.74) is 2.15. The molecule has 0 aliphatic carbocycles. The molecule has 3 aromatic rings. The maximum absolute atomic E-state index is 12.1. The highest BCUT2D eigenvalue weighted by atomic mass is 32.1. The van der Waals surface area contributed by atoms with Crippen molar-refractivity contribution in [2.24, 2.45) is 0 Å². The van der Waals surface area contributed by atoms with Crippen LogP contribution in [0.5, 0.6) is 0 Å². The third-order valence-electron chi connectivity index (χ3n) is 3.82. The van der Waals surface area contributed by atoms with Crippen LogP contribution >= 0.6 is 11.3 Å². The van der Waals surface area contributed by atoms with E-state index in [9.17, 15) is 9.59 Å². The van der Waals surface area contributed by atoms with E-state index >= 15 is 0 Å². The highest BCUT2D eigenvalue weighted by Crippen LogP contribution is 2.20. The highest BCUT2D eigenvalue weighted by Gasteiger charge is 2.09. The molecule has 5 heteroatoms. The van der Waals surface area contributed by atoms with Crippen molar-refractivity contribution in [3.05, 3.63) is 68.2 Å². The van der Waals surface area contributed by atoms with E-state index in [1.54, 1.807) is 11.3 Å². The van der Waals surface area contributed by atoms with Crippen molar-refractivity contribution in [3.63, 3.8) is 0 Å². The Morgan fingerprint density at radius 3 is 2.88 bits per heavy atom. The van der Waals surface area contributed by atoms with Crippen molar-refractivity contribution >= 4 is 28.2 Å². The second kappa shape index (κ2) is 7.45. The normalized spacial score (nSPS) is 10.9. The van der Waals surface area contributed by atoms with Crippen LogP contribution in [0.3, 0.4) is 0 Å². The number of aryl methyl sites for hydroxylation is 1. The summed E-state index contributed by atoms with van der Waals surface area (Å²) in [6, 6.07) is 11.2. The number of nitrogens with one attached hydrogen (secondary N) is 1. The molecule has 0 unspecified atom stereocenters. The molecule has 124 valence electrons. The Hall–Kier alpha value is -2.40. The van der Waals surface area contributed by atoms with Gasteiger partial charge in [0.25, 0.3) is 0 Å². The molecule has 0 saturated heterocycles. The molecular weight excluding hydrogens is 322 g/mol. The molecule has 0 spiro atoms. The standard InChI is InChI=1S/C19H19NO3S/c1-2-4-13-6-7-17-16(9-13)14(10-19(22)23-17)12-20-18(21)11-15-5-3-8-24-15/h3,5-10H,2,4,11-12H2,1H3,(H,20,21). The largest absolute Gasteiger partial charge is 0.423 e. The zero-order valence-corrected chi connectivity index (χ0v) is 14.3. The van der Waals surface area contributed by atoms with Crippen LogP contribution in [0.15, 0.2) is 51.0 Å². The first-order valence-electron chi connectivity index (χ1n) is 8.00. The van der Waals surface area contributed by atoms with Gasteiger partial charge in [-0.25, -0.2) is 4.79 Å². The van der Waals surface area contributed by atoms with Crippen LogP contribution in [0.25, 0.3) is 11.0 Å². The van der Waals surface area contributed by atoms with Crippen LogP contribution in [0.4, 0.5) is 0 Å². The molecule has 0 atom stereocenters. The summed E-state index contributed by atoms with van der Waals surface area (Å²) in [6.07, 6.45) is 2.38. The van der Waals surface area contributed by atoms with E-state index in [1.807, 2.05) is 35.7 Å². The number of carbonyl (C=O) groups excluding carboxylic acids is 1. The van der Waals surface area contributed by atoms with Gasteiger partial charge >= 0.3 is 5.63 Å². The average molecular weight is 341 g/mol. The van der Waals surface area contributed by atoms with Gasteiger partial charge in [-0.15, -0.1) is 11.3 Å². The third kappa shape index (κ3) is 3.92. The van der Waals surface area contributed by atoms with Crippen LogP contribution in [0.1, 0.15) is 29.3 Å². The van der Waals surface area contributed by atoms with Gasteiger partial charge in [-0.3, -0.25) is 4.79 Å². The maximum Gasteiger partial charge on any atom is 0.336 e. The fourth-order valence-electron chi connectivity index (χ4n) is 2.69. The fraction of sp³-hybridized carbons (Fsp3) is 0.263. The highest BCUT2D eigenvalue weighted by molar-refractivity contribution is 7.10. The van der Waals surface area contributed by atoms with Crippen LogP contribution in [0.2, 0.25) is 0 Å². The first kappa shape index (κ1) is 16.5. The van der Waals surface area contributed by atoms with Crippen molar-refractivity contribution in [2.75, 3.05) is 0 Å². The number of rotatable bonds is 6. The smallest absolute Gasteiger partial charge is 0.336 e. The molecular formula is C19H19NO3S. The van der Waals surface area contributed by atoms with Gasteiger partial charge in [-0.05, 0) is 41.1 Å². The van der Waals surface area contributed by atoms with E-state index in [0.29, 0.717) is 18.5 Å². The van der Waals surface area contributed by atoms with Gasteiger partial charge < -0.3 is 9.73 Å². The molecule has 1 N–H and O–H groups in total. The van der Waals surface area contributed by atoms with Crippen molar-refractivity contribution in [1.29, 1.82) is 0 Å². The Morgan fingerprint density at radius 2 is 2.12 bits per heavy atom. The molecule has 0 bridgehead atoms. The first-order valence-corrected chi connectivity index (χ1v) is 8.88. The fourth-order valence-corrected chi connectivity index (χ4v) is 3.40. The quantitative estimate of drug-likeness (QED) is 0.696. The van der Waals surface area contributed by atoms with E-state index in [2.05, 4.69) is 12.2 Å². The van der Waals surface area contributed by atoms with Crippen LogP contribution < -0.4 is 10.9 Å². The molecule has 0 fully saturated rings. The molecule has 24 heavy (non-hydrogen) atoms. The molecule has 0 aliphatic heterocycles. The van der Waals surface area contributed by atoms with Gasteiger partial charge in [0.05, 0.1) is 6.42 Å². The Kier molecular flexibility index (Phi) is 5.11. The molecule has 2 aromatic heterocycles. The molecule has 0 radical (unpaired) electrons. The summed E-state index contributed by atoms with van der Waals surface area (Å²) >= 11 is 1.56. The van der Waals surface area contributed by atoms with Gasteiger partial charge in [-0.2, -0.15) is 0 Å². The summed E-state index contributed by atoms with van der Waals surface area (Å²) in [4.78, 5) is 24.8. The molecule has 0 saturated carbocycles. The lowest BCUT2D eigenvalue weighted by Crippen LogP contribution is -2.24. The average Bonchev–Trinajstić information content (AvgIpc) is 3.06. The Bertz CT molecular complexity index is 897. The number of carbonyl (C=O) groups is 1. The van der Waals surface area contributed by atoms with Crippen LogP contribution in [-0.4, -0.2) is 5.91 Å². The van der Waals surface area contributed by atoms with E-state index in [0.717, 1.165) is 28.7 Å². The van der Waals surface area contributed by atoms with Crippen molar-refractivity contribution < 1.29 is 9.21 Å². The number of hydrogen-bond donors (Lipinski definition) is 1. The Balaban J connectivity index is 1.80. The summed E-state index contributed by atoms with van der Waals surface area (Å²) in [6.45, 7) is 2.45. The van der Waals surface area contributed by atoms with Crippen LogP contribution in [-0.2, 0) is 24.2 Å². The van der Waals surface area contributed by atoms with E-state index < -0.39 is 5.63 Å². The molecule has 1 aromatic carbocycles. The van der Waals surface area contributed by atoms with Crippen LogP contribution in [0, 0.1) is 0 Å². The molecule has 4 nitrogen and oxygen atoms in total. The number of hydrogen-bond acceptors (Lipinski definition) is 4. The van der Waals surface area contributed by atoms with Gasteiger partial charge in [-0.1, -0.05) is 25.5 Å². The topological polar surface area (TPSA) is 59.3 Å². The van der Waals surface area contributed by atoms with Gasteiger partial charge in [0, 0.05) is 22.9 Å². The van der Waals surface area contributed by atoms with Crippen molar-refractivity contribution in [1.82, 2.24) is 5.32 Å². The zero-order chi connectivity index (χ0) is 16.9. The number of amides is 1. The minimum absolute atomic E-state index is 0.0523. The molecule has 2 heterocycles. The SMILES string of the molecule is CCCc1ccc2oc(=O)cc(CNC(=O)Cc3cccs3)c2c1. The van der Waals surface area contributed by atoms with Gasteiger partial charge in [0.15, 0.2) is 0 Å². The predicted octanol–water partition coefficient (Wildman–Crippen LogP) is 3.67. The minimum Gasteiger partial charge on any atom is -0.423 e. The predicted molar refractivity (Wildman–Crippen MR) is 96.3 cm³/mol. The summed E-state index contributed by atoms with van der Waals surface area (Å²) in [5.74, 6) is -0.0523. The van der Waals surface area contributed by atoms with Gasteiger partial charge in [0.2, 0.25) is 5.91 Å². The maximum atomic E-state index is 12.1. The lowest BCUT2D eigenvalue weighted by atomic mass is 10.0. The van der Waals surface area contributed by atoms with Crippen molar-refractivity contribution in [2.45, 2.75) is 32.7 Å². The minimum atomic E-state index is -0.395. The first-order chi connectivity index (χ1) is 11.7. The number of thiophene rings is 1. The second-order valence-electron chi connectivity index (χ2n) is 5.70. The van der Waals surface area contributed by atoms with Gasteiger partial charge in [0.1, 0.15) is 5.58 Å². The second-order valence-corrected chi connectivity index (χ2v) is 6.74. The van der Waals surface area contributed by atoms with Crippen molar-refractivity contribution in [3.8, 4) is 0 Å². The Labute approximate surface area is 144 Å². The van der Waals surface area contributed by atoms with E-state index in [-0.39, 0.29) is 5.91 Å². The summed E-state index contributed by atoms with van der Waals surface area (Å²) in [5, 5.41) is 5.73. The van der Waals surface area contributed by atoms with E-state index in [1.165, 1.54) is 11.6 Å². The number of benzene rings is 1. The Morgan fingerprint density at radius 1 is 1.25 bits per heavy atom. The van der Waals surface area contributed by atoms with E-state index in [4.69, 9.17) is 4.42 Å². The lowest BCUT2D eigenvalue weighted by molar-refractivity contribution is -0.120. The summed E-state index contributed by atoms with van der Waals surface area (Å²) in [7, 11) is 0. The molecule has 3 rings (SSSR count). The third-order valence-corrected chi connectivity index (χ3v) is 4.70.